The molecule has 3 rings (SSSR count). The van der Waals surface area contributed by atoms with Crippen LogP contribution in [0.25, 0.3) is 6.08 Å². The first-order valence-electron chi connectivity index (χ1n) is 8.97. The number of ketones is 1. The van der Waals surface area contributed by atoms with Crippen molar-refractivity contribution >= 4 is 23.5 Å². The smallest absolute Gasteiger partial charge is 0.221 e. The molecule has 1 N–H and O–H groups in total. The fourth-order valence-electron chi connectivity index (χ4n) is 2.64. The molecule has 4 heteroatoms. The Morgan fingerprint density at radius 1 is 0.929 bits per heavy atom. The van der Waals surface area contributed by atoms with Gasteiger partial charge in [-0.15, -0.1) is 0 Å². The lowest BCUT2D eigenvalue weighted by atomic mass is 10.1. The molecular formula is C24H21NO3. The zero-order valence-electron chi connectivity index (χ0n) is 15.6. The summed E-state index contributed by atoms with van der Waals surface area (Å²) in [6.45, 7) is 1.95. The minimum absolute atomic E-state index is 0.128. The molecule has 0 radical (unpaired) electrons. The molecule has 140 valence electrons. The van der Waals surface area contributed by atoms with E-state index in [1.807, 2.05) is 54.6 Å². The summed E-state index contributed by atoms with van der Waals surface area (Å²) in [6.07, 6.45) is 3.28. The van der Waals surface area contributed by atoms with E-state index in [0.29, 0.717) is 17.9 Å². The molecule has 0 saturated carbocycles. The van der Waals surface area contributed by atoms with E-state index in [1.54, 1.807) is 30.3 Å². The van der Waals surface area contributed by atoms with E-state index in [-0.39, 0.29) is 11.7 Å². The van der Waals surface area contributed by atoms with Gasteiger partial charge in [0.2, 0.25) is 5.91 Å². The van der Waals surface area contributed by atoms with Crippen LogP contribution in [0, 0.1) is 0 Å². The van der Waals surface area contributed by atoms with Crippen molar-refractivity contribution in [3.05, 3.63) is 102 Å². The van der Waals surface area contributed by atoms with Crippen LogP contribution in [0.1, 0.15) is 28.4 Å². The fraction of sp³-hybridized carbons (Fsp3) is 0.0833. The van der Waals surface area contributed by atoms with Crippen molar-refractivity contribution in [3.63, 3.8) is 0 Å². The Balaban J connectivity index is 1.59. The molecule has 0 fully saturated rings. The van der Waals surface area contributed by atoms with Crippen LogP contribution >= 0.6 is 0 Å². The van der Waals surface area contributed by atoms with Gasteiger partial charge < -0.3 is 10.1 Å². The molecule has 0 aliphatic carbocycles. The monoisotopic (exact) mass is 371 g/mol. The summed E-state index contributed by atoms with van der Waals surface area (Å²) < 4.78 is 5.76. The lowest BCUT2D eigenvalue weighted by Gasteiger charge is -2.06. The first kappa shape index (κ1) is 19.1. The van der Waals surface area contributed by atoms with Crippen molar-refractivity contribution in [3.8, 4) is 5.75 Å². The second kappa shape index (κ2) is 9.33. The Labute approximate surface area is 164 Å². The highest BCUT2D eigenvalue weighted by Gasteiger charge is 2.04. The lowest BCUT2D eigenvalue weighted by molar-refractivity contribution is -0.114. The van der Waals surface area contributed by atoms with Gasteiger partial charge in [-0.25, -0.2) is 0 Å². The van der Waals surface area contributed by atoms with E-state index in [0.717, 1.165) is 16.9 Å². The number of hydrogen-bond acceptors (Lipinski definition) is 3. The normalized spacial score (nSPS) is 10.6. The van der Waals surface area contributed by atoms with Crippen LogP contribution in [0.5, 0.6) is 5.75 Å². The van der Waals surface area contributed by atoms with Crippen molar-refractivity contribution in [1.29, 1.82) is 0 Å². The van der Waals surface area contributed by atoms with Gasteiger partial charge in [0.15, 0.2) is 5.78 Å². The molecule has 3 aromatic carbocycles. The minimum atomic E-state index is -0.172. The van der Waals surface area contributed by atoms with Gasteiger partial charge in [0.1, 0.15) is 12.4 Å². The summed E-state index contributed by atoms with van der Waals surface area (Å²) in [6, 6.07) is 24.4. The van der Waals surface area contributed by atoms with Gasteiger partial charge in [0, 0.05) is 18.2 Å². The van der Waals surface area contributed by atoms with Crippen LogP contribution in [-0.4, -0.2) is 11.7 Å². The molecule has 0 bridgehead atoms. The summed E-state index contributed by atoms with van der Waals surface area (Å²) in [5.74, 6) is 0.474. The fourth-order valence-corrected chi connectivity index (χ4v) is 2.64. The molecule has 0 aliphatic rings. The number of amides is 1. The third kappa shape index (κ3) is 5.68. The number of carbonyl (C=O) groups excluding carboxylic acids is 2. The van der Waals surface area contributed by atoms with Crippen molar-refractivity contribution in [1.82, 2.24) is 0 Å². The number of hydrogen-bond donors (Lipinski definition) is 1. The molecule has 0 spiro atoms. The summed E-state index contributed by atoms with van der Waals surface area (Å²) >= 11 is 0. The average molecular weight is 371 g/mol. The standard InChI is InChI=1S/C24H21NO3/c1-18(26)25-22-9-5-8-21(16-22)24(27)15-12-19-10-13-23(14-11-19)28-17-20-6-3-2-4-7-20/h2-16H,17H2,1H3,(H,25,26)/b15-12+. The van der Waals surface area contributed by atoms with Gasteiger partial charge in [-0.1, -0.05) is 60.7 Å². The van der Waals surface area contributed by atoms with E-state index in [4.69, 9.17) is 4.74 Å². The Kier molecular flexibility index (Phi) is 6.37. The maximum Gasteiger partial charge on any atom is 0.221 e. The van der Waals surface area contributed by atoms with Crippen molar-refractivity contribution in [2.75, 3.05) is 5.32 Å². The number of nitrogens with one attached hydrogen (secondary N) is 1. The number of rotatable bonds is 7. The third-order valence-electron chi connectivity index (χ3n) is 4.02. The van der Waals surface area contributed by atoms with E-state index in [9.17, 15) is 9.59 Å². The first-order valence-corrected chi connectivity index (χ1v) is 8.97. The second-order valence-electron chi connectivity index (χ2n) is 6.30. The number of benzene rings is 3. The lowest BCUT2D eigenvalue weighted by Crippen LogP contribution is -2.06. The topological polar surface area (TPSA) is 55.4 Å². The average Bonchev–Trinajstić information content (AvgIpc) is 2.72. The first-order chi connectivity index (χ1) is 13.6. The quantitative estimate of drug-likeness (QED) is 0.463. The highest BCUT2D eigenvalue weighted by Crippen LogP contribution is 2.16. The predicted octanol–water partition coefficient (Wildman–Crippen LogP) is 5.12. The van der Waals surface area contributed by atoms with Crippen LogP contribution in [-0.2, 0) is 11.4 Å². The molecule has 0 atom stereocenters. The Morgan fingerprint density at radius 3 is 2.39 bits per heavy atom. The maximum atomic E-state index is 12.4. The molecule has 0 saturated heterocycles. The molecular weight excluding hydrogens is 350 g/mol. The van der Waals surface area contributed by atoms with Gasteiger partial charge in [0.05, 0.1) is 0 Å². The van der Waals surface area contributed by atoms with Crippen LogP contribution in [0.15, 0.2) is 84.9 Å². The molecule has 0 aliphatic heterocycles. The van der Waals surface area contributed by atoms with Gasteiger partial charge in [-0.2, -0.15) is 0 Å². The highest BCUT2D eigenvalue weighted by molar-refractivity contribution is 6.07. The van der Waals surface area contributed by atoms with Crippen LogP contribution in [0.2, 0.25) is 0 Å². The molecule has 0 aromatic heterocycles. The number of allylic oxidation sites excluding steroid dienone is 1. The van der Waals surface area contributed by atoms with Crippen LogP contribution in [0.4, 0.5) is 5.69 Å². The second-order valence-corrected chi connectivity index (χ2v) is 6.30. The molecule has 3 aromatic rings. The van der Waals surface area contributed by atoms with Gasteiger partial charge in [-0.05, 0) is 41.5 Å². The zero-order chi connectivity index (χ0) is 19.8. The van der Waals surface area contributed by atoms with E-state index < -0.39 is 0 Å². The molecule has 28 heavy (non-hydrogen) atoms. The zero-order valence-corrected chi connectivity index (χ0v) is 15.6. The number of anilines is 1. The summed E-state index contributed by atoms with van der Waals surface area (Å²) in [5.41, 5.74) is 3.13. The maximum absolute atomic E-state index is 12.4. The Morgan fingerprint density at radius 2 is 1.68 bits per heavy atom. The molecule has 0 unspecified atom stereocenters. The van der Waals surface area contributed by atoms with Crippen molar-refractivity contribution in [2.45, 2.75) is 13.5 Å². The van der Waals surface area contributed by atoms with E-state index in [1.165, 1.54) is 13.0 Å². The summed E-state index contributed by atoms with van der Waals surface area (Å²) in [7, 11) is 0. The molecule has 0 heterocycles. The number of carbonyl (C=O) groups is 2. The highest BCUT2D eigenvalue weighted by atomic mass is 16.5. The van der Waals surface area contributed by atoms with E-state index in [2.05, 4.69) is 5.32 Å². The summed E-state index contributed by atoms with van der Waals surface area (Å²) in [5, 5.41) is 2.67. The minimum Gasteiger partial charge on any atom is -0.489 e. The SMILES string of the molecule is CC(=O)Nc1cccc(C(=O)/C=C/c2ccc(OCc3ccccc3)cc2)c1. The largest absolute Gasteiger partial charge is 0.489 e. The Hall–Kier alpha value is -3.66. The third-order valence-corrected chi connectivity index (χ3v) is 4.02. The predicted molar refractivity (Wildman–Crippen MR) is 111 cm³/mol. The van der Waals surface area contributed by atoms with Gasteiger partial charge >= 0.3 is 0 Å². The number of ether oxygens (including phenoxy) is 1. The van der Waals surface area contributed by atoms with Crippen molar-refractivity contribution < 1.29 is 14.3 Å². The Bertz CT molecular complexity index is 976. The molecule has 1 amide bonds. The van der Waals surface area contributed by atoms with E-state index >= 15 is 0 Å². The van der Waals surface area contributed by atoms with Gasteiger partial charge in [0.25, 0.3) is 0 Å². The van der Waals surface area contributed by atoms with Crippen molar-refractivity contribution in [2.24, 2.45) is 0 Å². The molecule has 4 nitrogen and oxygen atoms in total. The summed E-state index contributed by atoms with van der Waals surface area (Å²) in [4.78, 5) is 23.5. The van der Waals surface area contributed by atoms with Crippen LogP contribution in [0.3, 0.4) is 0 Å². The van der Waals surface area contributed by atoms with Gasteiger partial charge in [-0.3, -0.25) is 9.59 Å². The van der Waals surface area contributed by atoms with Crippen LogP contribution < -0.4 is 10.1 Å².